The number of sulfonamides is 1. The number of carbonyl (C=O) groups excluding carboxylic acids is 1. The van der Waals surface area contributed by atoms with Crippen LogP contribution in [0.5, 0.6) is 0 Å². The summed E-state index contributed by atoms with van der Waals surface area (Å²) in [7, 11) is -3.61. The van der Waals surface area contributed by atoms with Crippen molar-refractivity contribution in [1.82, 2.24) is 4.31 Å². The smallest absolute Gasteiger partial charge is 0.257 e. The first-order valence-corrected chi connectivity index (χ1v) is 10.3. The van der Waals surface area contributed by atoms with Crippen LogP contribution in [-0.2, 0) is 10.0 Å². The predicted molar refractivity (Wildman–Crippen MR) is 103 cm³/mol. The molecule has 0 radical (unpaired) electrons. The van der Waals surface area contributed by atoms with Crippen molar-refractivity contribution >= 4 is 33.2 Å². The standard InChI is InChI=1S/C19H21ClN2O3S/c1-13-6-5-7-14(2)18(13)21-19(23)16-12-15(8-9-17(16)20)26(24,25)22-10-3-4-11-22/h5-9,12H,3-4,10-11H2,1-2H3,(H,21,23). The first-order chi connectivity index (χ1) is 12.3. The first-order valence-electron chi connectivity index (χ1n) is 8.48. The lowest BCUT2D eigenvalue weighted by molar-refractivity contribution is 0.102. The van der Waals surface area contributed by atoms with Crippen molar-refractivity contribution < 1.29 is 13.2 Å². The monoisotopic (exact) mass is 392 g/mol. The number of rotatable bonds is 4. The maximum Gasteiger partial charge on any atom is 0.257 e. The van der Waals surface area contributed by atoms with E-state index in [1.807, 2.05) is 32.0 Å². The summed E-state index contributed by atoms with van der Waals surface area (Å²) in [5, 5.41) is 3.07. The Bertz CT molecular complexity index is 931. The summed E-state index contributed by atoms with van der Waals surface area (Å²) < 4.78 is 26.9. The molecule has 1 saturated heterocycles. The molecule has 0 unspecified atom stereocenters. The van der Waals surface area contributed by atoms with Crippen LogP contribution in [0.15, 0.2) is 41.3 Å². The summed E-state index contributed by atoms with van der Waals surface area (Å²) in [4.78, 5) is 12.8. The van der Waals surface area contributed by atoms with Crippen LogP contribution in [0.4, 0.5) is 5.69 Å². The highest BCUT2D eigenvalue weighted by Crippen LogP contribution is 2.27. The quantitative estimate of drug-likeness (QED) is 0.855. The molecule has 26 heavy (non-hydrogen) atoms. The Morgan fingerprint density at radius 3 is 2.31 bits per heavy atom. The van der Waals surface area contributed by atoms with Gasteiger partial charge in [-0.3, -0.25) is 4.79 Å². The predicted octanol–water partition coefficient (Wildman–Crippen LogP) is 3.99. The molecule has 2 aromatic rings. The second-order valence-electron chi connectivity index (χ2n) is 6.47. The Labute approximate surface area is 159 Å². The number of hydrogen-bond acceptors (Lipinski definition) is 3. The van der Waals surface area contributed by atoms with E-state index in [2.05, 4.69) is 5.32 Å². The number of amides is 1. The van der Waals surface area contributed by atoms with Crippen molar-refractivity contribution in [2.45, 2.75) is 31.6 Å². The summed E-state index contributed by atoms with van der Waals surface area (Å²) in [6, 6.07) is 9.99. The maximum atomic E-state index is 12.7. The Kier molecular flexibility index (Phi) is 5.37. The van der Waals surface area contributed by atoms with E-state index in [9.17, 15) is 13.2 Å². The molecule has 1 aliphatic heterocycles. The van der Waals surface area contributed by atoms with E-state index in [1.54, 1.807) is 0 Å². The molecular formula is C19H21ClN2O3S. The number of benzene rings is 2. The molecule has 5 nitrogen and oxygen atoms in total. The Morgan fingerprint density at radius 1 is 1.08 bits per heavy atom. The molecule has 0 aliphatic carbocycles. The molecule has 1 fully saturated rings. The highest BCUT2D eigenvalue weighted by Gasteiger charge is 2.28. The average molecular weight is 393 g/mol. The molecule has 138 valence electrons. The van der Waals surface area contributed by atoms with Crippen molar-refractivity contribution in [2.24, 2.45) is 0 Å². The van der Waals surface area contributed by atoms with Crippen molar-refractivity contribution in [3.63, 3.8) is 0 Å². The van der Waals surface area contributed by atoms with Gasteiger partial charge in [-0.1, -0.05) is 29.8 Å². The zero-order valence-electron chi connectivity index (χ0n) is 14.8. The summed E-state index contributed by atoms with van der Waals surface area (Å²) in [6.07, 6.45) is 1.71. The molecule has 0 spiro atoms. The molecule has 0 saturated carbocycles. The van der Waals surface area contributed by atoms with E-state index in [0.29, 0.717) is 18.8 Å². The summed E-state index contributed by atoms with van der Waals surface area (Å²) in [5.74, 6) is -0.425. The van der Waals surface area contributed by atoms with Gasteiger partial charge in [0.05, 0.1) is 15.5 Å². The number of carbonyl (C=O) groups is 1. The Hall–Kier alpha value is -1.89. The topological polar surface area (TPSA) is 66.5 Å². The molecule has 3 rings (SSSR count). The molecule has 1 N–H and O–H groups in total. The van der Waals surface area contributed by atoms with Gasteiger partial charge in [0.25, 0.3) is 5.91 Å². The largest absolute Gasteiger partial charge is 0.321 e. The lowest BCUT2D eigenvalue weighted by atomic mass is 10.1. The van der Waals surface area contributed by atoms with E-state index in [0.717, 1.165) is 24.0 Å². The number of nitrogens with one attached hydrogen (secondary N) is 1. The third kappa shape index (κ3) is 3.63. The number of aryl methyl sites for hydroxylation is 2. The van der Waals surface area contributed by atoms with Gasteiger partial charge in [-0.2, -0.15) is 4.31 Å². The van der Waals surface area contributed by atoms with Gasteiger partial charge in [-0.05, 0) is 56.0 Å². The van der Waals surface area contributed by atoms with Crippen molar-refractivity contribution in [3.8, 4) is 0 Å². The number of nitrogens with zero attached hydrogens (tertiary/aromatic N) is 1. The van der Waals surface area contributed by atoms with Crippen LogP contribution >= 0.6 is 11.6 Å². The van der Waals surface area contributed by atoms with Crippen molar-refractivity contribution in [1.29, 1.82) is 0 Å². The fraction of sp³-hybridized carbons (Fsp3) is 0.316. The number of hydrogen-bond donors (Lipinski definition) is 1. The Balaban J connectivity index is 1.94. The fourth-order valence-corrected chi connectivity index (χ4v) is 4.86. The highest BCUT2D eigenvalue weighted by molar-refractivity contribution is 7.89. The second kappa shape index (κ2) is 7.39. The third-order valence-corrected chi connectivity index (χ3v) is 6.83. The van der Waals surface area contributed by atoms with Gasteiger partial charge in [0.1, 0.15) is 0 Å². The molecule has 0 atom stereocenters. The maximum absolute atomic E-state index is 12.7. The molecule has 1 heterocycles. The Morgan fingerprint density at radius 2 is 1.69 bits per heavy atom. The van der Waals surface area contributed by atoms with E-state index in [4.69, 9.17) is 11.6 Å². The van der Waals surface area contributed by atoms with Crippen molar-refractivity contribution in [2.75, 3.05) is 18.4 Å². The number of para-hydroxylation sites is 1. The molecule has 7 heteroatoms. The van der Waals surface area contributed by atoms with E-state index in [-0.39, 0.29) is 15.5 Å². The summed E-state index contributed by atoms with van der Waals surface area (Å²) in [6.45, 7) is 4.82. The van der Waals surface area contributed by atoms with E-state index < -0.39 is 15.9 Å². The minimum absolute atomic E-state index is 0.0930. The fourth-order valence-electron chi connectivity index (χ4n) is 3.11. The van der Waals surface area contributed by atoms with Gasteiger partial charge < -0.3 is 5.32 Å². The van der Waals surface area contributed by atoms with E-state index in [1.165, 1.54) is 22.5 Å². The van der Waals surface area contributed by atoms with Crippen LogP contribution in [-0.4, -0.2) is 31.7 Å². The van der Waals surface area contributed by atoms with E-state index >= 15 is 0 Å². The molecule has 1 aliphatic rings. The molecular weight excluding hydrogens is 372 g/mol. The zero-order chi connectivity index (χ0) is 18.9. The SMILES string of the molecule is Cc1cccc(C)c1NC(=O)c1cc(S(=O)(=O)N2CCCC2)ccc1Cl. The average Bonchev–Trinajstić information content (AvgIpc) is 3.14. The summed E-state index contributed by atoms with van der Waals surface area (Å²) in [5.41, 5.74) is 2.71. The normalized spacial score (nSPS) is 15.2. The highest BCUT2D eigenvalue weighted by atomic mass is 35.5. The van der Waals surface area contributed by atoms with Gasteiger partial charge in [0.15, 0.2) is 0 Å². The molecule has 1 amide bonds. The number of halogens is 1. The number of anilines is 1. The lowest BCUT2D eigenvalue weighted by Gasteiger charge is -2.17. The minimum atomic E-state index is -3.61. The first kappa shape index (κ1) is 18.9. The van der Waals surface area contributed by atoms with Crippen LogP contribution in [0.3, 0.4) is 0 Å². The van der Waals surface area contributed by atoms with Crippen LogP contribution < -0.4 is 5.32 Å². The molecule has 2 aromatic carbocycles. The third-order valence-electron chi connectivity index (χ3n) is 4.60. The van der Waals surface area contributed by atoms with Gasteiger partial charge in [0.2, 0.25) is 10.0 Å². The van der Waals surface area contributed by atoms with Crippen LogP contribution in [0.1, 0.15) is 34.3 Å². The second-order valence-corrected chi connectivity index (χ2v) is 8.82. The van der Waals surface area contributed by atoms with Gasteiger partial charge in [0, 0.05) is 18.8 Å². The van der Waals surface area contributed by atoms with Gasteiger partial charge in [-0.25, -0.2) is 8.42 Å². The minimum Gasteiger partial charge on any atom is -0.321 e. The molecule has 0 aromatic heterocycles. The van der Waals surface area contributed by atoms with Crippen LogP contribution in [0.25, 0.3) is 0 Å². The van der Waals surface area contributed by atoms with Crippen LogP contribution in [0, 0.1) is 13.8 Å². The zero-order valence-corrected chi connectivity index (χ0v) is 16.3. The lowest BCUT2D eigenvalue weighted by Crippen LogP contribution is -2.28. The summed E-state index contributed by atoms with van der Waals surface area (Å²) >= 11 is 6.18. The van der Waals surface area contributed by atoms with Crippen molar-refractivity contribution in [3.05, 3.63) is 58.1 Å². The van der Waals surface area contributed by atoms with Gasteiger partial charge >= 0.3 is 0 Å². The van der Waals surface area contributed by atoms with Gasteiger partial charge in [-0.15, -0.1) is 0 Å². The molecule has 0 bridgehead atoms. The van der Waals surface area contributed by atoms with Crippen LogP contribution in [0.2, 0.25) is 5.02 Å².